The van der Waals surface area contributed by atoms with Gasteiger partial charge in [-0.15, -0.1) is 0 Å². The molecule has 0 unspecified atom stereocenters. The van der Waals surface area contributed by atoms with Gasteiger partial charge in [0.25, 0.3) is 0 Å². The molecule has 2 aromatic rings. The van der Waals surface area contributed by atoms with Crippen molar-refractivity contribution >= 4 is 11.7 Å². The topological polar surface area (TPSA) is 75.4 Å². The van der Waals surface area contributed by atoms with Gasteiger partial charge in [0, 0.05) is 37.9 Å². The van der Waals surface area contributed by atoms with E-state index < -0.39 is 24.2 Å². The molecule has 27 heavy (non-hydrogen) atoms. The molecule has 0 radical (unpaired) electrons. The maximum atomic E-state index is 12.5. The predicted molar refractivity (Wildman–Crippen MR) is 77.4 cm³/mol. The molecule has 0 atom stereocenters. The number of piperazine rings is 1. The van der Waals surface area contributed by atoms with Gasteiger partial charge >= 0.3 is 24.2 Å². The Bertz CT molecular complexity index is 809. The molecule has 146 valence electrons. The molecule has 1 saturated heterocycles. The van der Waals surface area contributed by atoms with E-state index >= 15 is 0 Å². The van der Waals surface area contributed by atoms with Crippen molar-refractivity contribution in [3.05, 3.63) is 24.2 Å². The number of hydrogen-bond acceptors (Lipinski definition) is 6. The Balaban J connectivity index is 1.65. The van der Waals surface area contributed by atoms with Crippen molar-refractivity contribution in [3.63, 3.8) is 0 Å². The van der Waals surface area contributed by atoms with Crippen LogP contribution in [0.25, 0.3) is 11.4 Å². The number of alkyl halides is 6. The second-order valence-corrected chi connectivity index (χ2v) is 5.60. The standard InChI is InChI=1S/C14H11F6N5O2/c15-13(16,17)11-22-10(23-27-11)8-1-2-9(21-7-8)24-3-5-25(6-4-24)12(26)14(18,19)20/h1-2,7H,3-6H2. The highest BCUT2D eigenvalue weighted by Gasteiger charge is 2.43. The summed E-state index contributed by atoms with van der Waals surface area (Å²) in [7, 11) is 0. The third kappa shape index (κ3) is 4.11. The Morgan fingerprint density at radius 3 is 2.19 bits per heavy atom. The molecular weight excluding hydrogens is 384 g/mol. The molecule has 1 fully saturated rings. The largest absolute Gasteiger partial charge is 0.471 e. The lowest BCUT2D eigenvalue weighted by atomic mass is 10.2. The van der Waals surface area contributed by atoms with Crippen molar-refractivity contribution in [1.29, 1.82) is 0 Å². The number of aromatic nitrogens is 3. The van der Waals surface area contributed by atoms with Gasteiger partial charge in [0.1, 0.15) is 5.82 Å². The van der Waals surface area contributed by atoms with E-state index in [0.717, 1.165) is 0 Å². The van der Waals surface area contributed by atoms with Crippen LogP contribution in [0, 0.1) is 0 Å². The molecule has 3 heterocycles. The maximum absolute atomic E-state index is 12.5. The molecule has 1 aliphatic rings. The summed E-state index contributed by atoms with van der Waals surface area (Å²) in [4.78, 5) is 20.9. The van der Waals surface area contributed by atoms with Crippen molar-refractivity contribution in [1.82, 2.24) is 20.0 Å². The number of rotatable bonds is 2. The van der Waals surface area contributed by atoms with Crippen LogP contribution >= 0.6 is 0 Å². The van der Waals surface area contributed by atoms with Crippen LogP contribution in [0.5, 0.6) is 0 Å². The molecule has 0 saturated carbocycles. The second-order valence-electron chi connectivity index (χ2n) is 5.60. The maximum Gasteiger partial charge on any atom is 0.471 e. The Kier molecular flexibility index (Phi) is 4.70. The first-order valence-corrected chi connectivity index (χ1v) is 7.54. The van der Waals surface area contributed by atoms with Gasteiger partial charge in [-0.2, -0.15) is 31.3 Å². The van der Waals surface area contributed by atoms with Crippen LogP contribution < -0.4 is 4.90 Å². The molecule has 0 N–H and O–H groups in total. The van der Waals surface area contributed by atoms with E-state index in [1.165, 1.54) is 18.3 Å². The number of carbonyl (C=O) groups is 1. The van der Waals surface area contributed by atoms with Gasteiger partial charge in [-0.1, -0.05) is 5.16 Å². The lowest BCUT2D eigenvalue weighted by molar-refractivity contribution is -0.185. The van der Waals surface area contributed by atoms with Gasteiger partial charge in [0.2, 0.25) is 5.82 Å². The van der Waals surface area contributed by atoms with E-state index in [9.17, 15) is 31.1 Å². The summed E-state index contributed by atoms with van der Waals surface area (Å²) in [5.74, 6) is -3.26. The van der Waals surface area contributed by atoms with Crippen molar-refractivity contribution < 1.29 is 35.7 Å². The molecule has 1 aliphatic heterocycles. The van der Waals surface area contributed by atoms with Crippen LogP contribution in [0.3, 0.4) is 0 Å². The zero-order valence-electron chi connectivity index (χ0n) is 13.4. The first-order chi connectivity index (χ1) is 12.6. The second kappa shape index (κ2) is 6.70. The summed E-state index contributed by atoms with van der Waals surface area (Å²) < 4.78 is 78.8. The van der Waals surface area contributed by atoms with Gasteiger partial charge in [0.05, 0.1) is 0 Å². The summed E-state index contributed by atoms with van der Waals surface area (Å²) in [6.07, 6.45) is -8.44. The van der Waals surface area contributed by atoms with E-state index in [4.69, 9.17) is 0 Å². The van der Waals surface area contributed by atoms with Gasteiger partial charge in [-0.3, -0.25) is 4.79 Å². The third-order valence-electron chi connectivity index (χ3n) is 3.81. The zero-order valence-corrected chi connectivity index (χ0v) is 13.4. The summed E-state index contributed by atoms with van der Waals surface area (Å²) >= 11 is 0. The van der Waals surface area contributed by atoms with Gasteiger partial charge in [-0.25, -0.2) is 4.98 Å². The Labute approximate surface area is 147 Å². The number of amides is 1. The SMILES string of the molecule is O=C(N1CCN(c2ccc(-c3noc(C(F)(F)F)n3)cn2)CC1)C(F)(F)F. The van der Waals surface area contributed by atoms with Crippen LogP contribution in [0.4, 0.5) is 32.2 Å². The average Bonchev–Trinajstić information content (AvgIpc) is 3.11. The van der Waals surface area contributed by atoms with E-state index in [0.29, 0.717) is 10.7 Å². The van der Waals surface area contributed by atoms with Crippen molar-refractivity contribution in [2.45, 2.75) is 12.4 Å². The lowest BCUT2D eigenvalue weighted by Crippen LogP contribution is -2.52. The van der Waals surface area contributed by atoms with Gasteiger partial charge in [-0.05, 0) is 12.1 Å². The fourth-order valence-corrected chi connectivity index (χ4v) is 2.48. The number of carbonyl (C=O) groups excluding carboxylic acids is 1. The molecule has 0 aromatic carbocycles. The molecule has 0 bridgehead atoms. The highest BCUT2D eigenvalue weighted by atomic mass is 19.4. The summed E-state index contributed by atoms with van der Waals surface area (Å²) in [6.45, 7) is 0.0202. The van der Waals surface area contributed by atoms with E-state index in [1.807, 2.05) is 0 Å². The Morgan fingerprint density at radius 1 is 1.04 bits per heavy atom. The molecular formula is C14H11F6N5O2. The van der Waals surface area contributed by atoms with Crippen molar-refractivity contribution in [2.24, 2.45) is 0 Å². The smallest absolute Gasteiger partial charge is 0.353 e. The predicted octanol–water partition coefficient (Wildman–Crippen LogP) is 2.36. The van der Waals surface area contributed by atoms with Crippen LogP contribution in [0.1, 0.15) is 5.89 Å². The van der Waals surface area contributed by atoms with E-state index in [-0.39, 0.29) is 37.6 Å². The highest BCUT2D eigenvalue weighted by molar-refractivity contribution is 5.82. The minimum Gasteiger partial charge on any atom is -0.353 e. The van der Waals surface area contributed by atoms with Crippen LogP contribution in [-0.2, 0) is 11.0 Å². The molecule has 7 nitrogen and oxygen atoms in total. The fraction of sp³-hybridized carbons (Fsp3) is 0.429. The zero-order chi connectivity index (χ0) is 19.8. The number of hydrogen-bond donors (Lipinski definition) is 0. The molecule has 1 amide bonds. The normalized spacial score (nSPS) is 15.9. The molecule has 0 aliphatic carbocycles. The minimum absolute atomic E-state index is 0.123. The molecule has 13 heteroatoms. The highest BCUT2D eigenvalue weighted by Crippen LogP contribution is 2.29. The number of nitrogens with zero attached hydrogens (tertiary/aromatic N) is 5. The van der Waals surface area contributed by atoms with Crippen LogP contribution in [-0.4, -0.2) is 58.3 Å². The molecule has 2 aromatic heterocycles. The summed E-state index contributed by atoms with van der Waals surface area (Å²) in [6, 6.07) is 2.89. The van der Waals surface area contributed by atoms with E-state index in [2.05, 4.69) is 19.6 Å². The first kappa shape index (κ1) is 18.9. The minimum atomic E-state index is -4.91. The first-order valence-electron chi connectivity index (χ1n) is 7.54. The summed E-state index contributed by atoms with van der Waals surface area (Å²) in [5, 5.41) is 3.24. The number of halogens is 6. The fourth-order valence-electron chi connectivity index (χ4n) is 2.48. The van der Waals surface area contributed by atoms with Gasteiger partial charge < -0.3 is 14.3 Å². The Morgan fingerprint density at radius 2 is 1.70 bits per heavy atom. The lowest BCUT2D eigenvalue weighted by Gasteiger charge is -2.35. The van der Waals surface area contributed by atoms with Crippen LogP contribution in [0.15, 0.2) is 22.9 Å². The third-order valence-corrected chi connectivity index (χ3v) is 3.81. The molecule has 0 spiro atoms. The van der Waals surface area contributed by atoms with Crippen molar-refractivity contribution in [2.75, 3.05) is 31.1 Å². The monoisotopic (exact) mass is 395 g/mol. The van der Waals surface area contributed by atoms with Crippen molar-refractivity contribution in [3.8, 4) is 11.4 Å². The quantitative estimate of drug-likeness (QED) is 0.727. The number of anilines is 1. The summed E-state index contributed by atoms with van der Waals surface area (Å²) in [5.41, 5.74) is 0.184. The Hall–Kier alpha value is -2.86. The van der Waals surface area contributed by atoms with E-state index in [1.54, 1.807) is 4.90 Å². The average molecular weight is 395 g/mol. The van der Waals surface area contributed by atoms with Crippen LogP contribution in [0.2, 0.25) is 0 Å². The molecule has 3 rings (SSSR count). The van der Waals surface area contributed by atoms with Gasteiger partial charge in [0.15, 0.2) is 0 Å². The number of pyridine rings is 1.